The quantitative estimate of drug-likeness (QED) is 0.864. The zero-order chi connectivity index (χ0) is 19.6. The minimum Gasteiger partial charge on any atom is -0.465 e. The lowest BCUT2D eigenvalue weighted by Gasteiger charge is -2.46. The van der Waals surface area contributed by atoms with Gasteiger partial charge in [0.25, 0.3) is 0 Å². The van der Waals surface area contributed by atoms with E-state index in [1.165, 1.54) is 29.2 Å². The molecule has 0 spiro atoms. The van der Waals surface area contributed by atoms with Gasteiger partial charge in [0.1, 0.15) is 11.6 Å². The molecule has 1 amide bonds. The van der Waals surface area contributed by atoms with Crippen molar-refractivity contribution in [2.75, 3.05) is 19.6 Å². The van der Waals surface area contributed by atoms with Crippen molar-refractivity contribution in [1.82, 2.24) is 9.80 Å². The lowest BCUT2D eigenvalue weighted by atomic mass is 9.91. The van der Waals surface area contributed by atoms with E-state index in [-0.39, 0.29) is 29.6 Å². The van der Waals surface area contributed by atoms with Crippen LogP contribution in [0, 0.1) is 17.6 Å². The fraction of sp³-hybridized carbons (Fsp3) is 0.381. The third kappa shape index (κ3) is 4.27. The summed E-state index contributed by atoms with van der Waals surface area (Å²) in [6.07, 6.45) is -0.916. The summed E-state index contributed by atoms with van der Waals surface area (Å²) < 4.78 is 26.9. The van der Waals surface area contributed by atoms with Gasteiger partial charge in [-0.15, -0.1) is 0 Å². The van der Waals surface area contributed by atoms with Crippen LogP contribution in [0.4, 0.5) is 13.6 Å². The topological polar surface area (TPSA) is 43.8 Å². The number of carbonyl (C=O) groups is 1. The maximum atomic E-state index is 13.5. The lowest BCUT2D eigenvalue weighted by Crippen LogP contribution is -2.57. The van der Waals surface area contributed by atoms with Gasteiger partial charge >= 0.3 is 6.09 Å². The highest BCUT2D eigenvalue weighted by Crippen LogP contribution is 2.34. The molecule has 27 heavy (non-hydrogen) atoms. The van der Waals surface area contributed by atoms with Crippen LogP contribution < -0.4 is 0 Å². The highest BCUT2D eigenvalue weighted by Gasteiger charge is 2.36. The molecule has 2 aromatic carbocycles. The maximum absolute atomic E-state index is 13.5. The molecule has 4 nitrogen and oxygen atoms in total. The number of benzene rings is 2. The van der Waals surface area contributed by atoms with E-state index in [9.17, 15) is 18.7 Å². The van der Waals surface area contributed by atoms with Gasteiger partial charge in [0.05, 0.1) is 6.04 Å². The molecule has 1 N–H and O–H groups in total. The molecule has 6 heteroatoms. The minimum absolute atomic E-state index is 0.00467. The van der Waals surface area contributed by atoms with Crippen molar-refractivity contribution in [3.05, 3.63) is 71.3 Å². The molecule has 0 aromatic heterocycles. The Hall–Kier alpha value is -2.47. The number of nitrogens with zero attached hydrogens (tertiary/aromatic N) is 2. The van der Waals surface area contributed by atoms with Crippen LogP contribution in [0.1, 0.15) is 31.0 Å². The second-order valence-electron chi connectivity index (χ2n) is 7.28. The minimum atomic E-state index is -0.916. The first-order chi connectivity index (χ1) is 12.9. The van der Waals surface area contributed by atoms with E-state index in [0.717, 1.165) is 11.1 Å². The molecule has 2 aromatic rings. The van der Waals surface area contributed by atoms with Crippen molar-refractivity contribution in [3.8, 4) is 0 Å². The average Bonchev–Trinajstić information content (AvgIpc) is 2.65. The zero-order valence-electron chi connectivity index (χ0n) is 15.5. The van der Waals surface area contributed by atoms with Crippen LogP contribution in [0.15, 0.2) is 48.5 Å². The molecule has 1 atom stereocenters. The third-order valence-electron chi connectivity index (χ3n) is 5.20. The van der Waals surface area contributed by atoms with Crippen LogP contribution in [0.25, 0.3) is 0 Å². The predicted molar refractivity (Wildman–Crippen MR) is 99.6 cm³/mol. The van der Waals surface area contributed by atoms with Gasteiger partial charge in [-0.25, -0.2) is 13.6 Å². The van der Waals surface area contributed by atoms with E-state index in [0.29, 0.717) is 19.6 Å². The highest BCUT2D eigenvalue weighted by molar-refractivity contribution is 5.65. The van der Waals surface area contributed by atoms with E-state index in [1.54, 1.807) is 24.3 Å². The molecule has 1 aliphatic heterocycles. The van der Waals surface area contributed by atoms with Gasteiger partial charge in [-0.2, -0.15) is 0 Å². The summed E-state index contributed by atoms with van der Waals surface area (Å²) in [5.41, 5.74) is 1.80. The van der Waals surface area contributed by atoms with E-state index >= 15 is 0 Å². The third-order valence-corrected chi connectivity index (χ3v) is 5.20. The standard InChI is InChI=1S/C21H24F2N2O2/c1-14(2)19-13-24(21(26)27)11-12-25(19)20(15-3-7-17(22)8-4-15)16-5-9-18(23)10-6-16/h3-10,14,19-20H,11-13H2,1-2H3,(H,26,27)/t19-/m0/s1. The van der Waals surface area contributed by atoms with E-state index < -0.39 is 6.09 Å². The molecule has 0 bridgehead atoms. The Kier molecular flexibility index (Phi) is 5.75. The molecule has 1 heterocycles. The number of carboxylic acid groups (broad SMARTS) is 1. The first-order valence-corrected chi connectivity index (χ1v) is 9.11. The molecule has 144 valence electrons. The summed E-state index contributed by atoms with van der Waals surface area (Å²) in [5, 5.41) is 9.38. The van der Waals surface area contributed by atoms with Crippen LogP contribution in [0.2, 0.25) is 0 Å². The molecule has 0 aliphatic carbocycles. The Morgan fingerprint density at radius 2 is 1.44 bits per heavy atom. The van der Waals surface area contributed by atoms with E-state index in [2.05, 4.69) is 18.7 Å². The molecular weight excluding hydrogens is 350 g/mol. The van der Waals surface area contributed by atoms with E-state index in [4.69, 9.17) is 0 Å². The van der Waals surface area contributed by atoms with Crippen molar-refractivity contribution in [2.45, 2.75) is 25.9 Å². The zero-order valence-corrected chi connectivity index (χ0v) is 15.5. The number of hydrogen-bond acceptors (Lipinski definition) is 2. The van der Waals surface area contributed by atoms with Gasteiger partial charge in [0.15, 0.2) is 0 Å². The Labute approximate surface area is 158 Å². The molecule has 3 rings (SSSR count). The Bertz CT molecular complexity index is 732. The summed E-state index contributed by atoms with van der Waals surface area (Å²) in [7, 11) is 0. The molecule has 1 saturated heterocycles. The predicted octanol–water partition coefficient (Wildman–Crippen LogP) is 4.37. The Morgan fingerprint density at radius 3 is 1.85 bits per heavy atom. The highest BCUT2D eigenvalue weighted by atomic mass is 19.1. The van der Waals surface area contributed by atoms with Crippen LogP contribution in [-0.4, -0.2) is 46.7 Å². The fourth-order valence-corrected chi connectivity index (χ4v) is 3.78. The first kappa shape index (κ1) is 19.3. The largest absolute Gasteiger partial charge is 0.465 e. The first-order valence-electron chi connectivity index (χ1n) is 9.11. The Balaban J connectivity index is 2.02. The lowest BCUT2D eigenvalue weighted by molar-refractivity contribution is 0.0313. The normalized spacial score (nSPS) is 18.3. The van der Waals surface area contributed by atoms with Crippen LogP contribution in [0.3, 0.4) is 0 Å². The van der Waals surface area contributed by atoms with Gasteiger partial charge < -0.3 is 10.0 Å². The summed E-state index contributed by atoms with van der Waals surface area (Å²) in [6.45, 7) is 5.49. The molecule has 0 unspecified atom stereocenters. The van der Waals surface area contributed by atoms with Crippen molar-refractivity contribution in [1.29, 1.82) is 0 Å². The fourth-order valence-electron chi connectivity index (χ4n) is 3.78. The Morgan fingerprint density at radius 1 is 0.963 bits per heavy atom. The smallest absolute Gasteiger partial charge is 0.407 e. The maximum Gasteiger partial charge on any atom is 0.407 e. The van der Waals surface area contributed by atoms with E-state index in [1.807, 2.05) is 0 Å². The molecule has 1 fully saturated rings. The summed E-state index contributed by atoms with van der Waals surface area (Å²) in [5.74, 6) is -0.407. The van der Waals surface area contributed by atoms with Gasteiger partial charge in [0, 0.05) is 25.7 Å². The number of hydrogen-bond donors (Lipinski definition) is 1. The van der Waals surface area contributed by atoms with Crippen molar-refractivity contribution in [2.24, 2.45) is 5.92 Å². The summed E-state index contributed by atoms with van der Waals surface area (Å²) in [6, 6.07) is 12.4. The molecular formula is C21H24F2N2O2. The molecule has 0 saturated carbocycles. The second kappa shape index (κ2) is 8.05. The van der Waals surface area contributed by atoms with Crippen LogP contribution >= 0.6 is 0 Å². The number of amides is 1. The molecule has 0 radical (unpaired) electrons. The number of halogens is 2. The van der Waals surface area contributed by atoms with Gasteiger partial charge in [-0.3, -0.25) is 4.90 Å². The average molecular weight is 374 g/mol. The van der Waals surface area contributed by atoms with Crippen LogP contribution in [-0.2, 0) is 0 Å². The number of rotatable bonds is 4. The van der Waals surface area contributed by atoms with Crippen molar-refractivity contribution < 1.29 is 18.7 Å². The van der Waals surface area contributed by atoms with Crippen LogP contribution in [0.5, 0.6) is 0 Å². The SMILES string of the molecule is CC(C)[C@@H]1CN(C(=O)O)CCN1C(c1ccc(F)cc1)c1ccc(F)cc1. The summed E-state index contributed by atoms with van der Waals surface area (Å²) in [4.78, 5) is 15.1. The second-order valence-corrected chi connectivity index (χ2v) is 7.28. The van der Waals surface area contributed by atoms with Gasteiger partial charge in [-0.1, -0.05) is 38.1 Å². The molecule has 1 aliphatic rings. The van der Waals surface area contributed by atoms with Crippen molar-refractivity contribution >= 4 is 6.09 Å². The summed E-state index contributed by atoms with van der Waals surface area (Å²) >= 11 is 0. The monoisotopic (exact) mass is 374 g/mol. The van der Waals surface area contributed by atoms with Gasteiger partial charge in [-0.05, 0) is 41.3 Å². The number of piperazine rings is 1. The van der Waals surface area contributed by atoms with Crippen molar-refractivity contribution in [3.63, 3.8) is 0 Å². The van der Waals surface area contributed by atoms with Gasteiger partial charge in [0.2, 0.25) is 0 Å².